The first kappa shape index (κ1) is 16.9. The third kappa shape index (κ3) is 6.61. The fourth-order valence-corrected chi connectivity index (χ4v) is 1.27. The van der Waals surface area contributed by atoms with E-state index >= 15 is 0 Å². The molecule has 0 aliphatic carbocycles. The largest absolute Gasteiger partial charge is 1.00 e. The molecular weight excluding hydrogens is 248 g/mol. The molecule has 0 aliphatic heterocycles. The van der Waals surface area contributed by atoms with E-state index in [2.05, 4.69) is 0 Å². The van der Waals surface area contributed by atoms with E-state index < -0.39 is 5.97 Å². The molecule has 0 amide bonds. The second kappa shape index (κ2) is 8.10. The van der Waals surface area contributed by atoms with Crippen LogP contribution < -0.4 is 46.2 Å². The van der Waals surface area contributed by atoms with E-state index in [4.69, 9.17) is 11.6 Å². The number of halogens is 1. The molecule has 7 heteroatoms. The van der Waals surface area contributed by atoms with Crippen molar-refractivity contribution < 1.29 is 43.8 Å². The Balaban J connectivity index is 0.00000289. The summed E-state index contributed by atoms with van der Waals surface area (Å²) in [7, 11) is 0. The van der Waals surface area contributed by atoms with Gasteiger partial charge in [-0.2, -0.15) is 0 Å². The molecule has 0 heterocycles. The molecule has 0 saturated heterocycles. The van der Waals surface area contributed by atoms with E-state index in [1.54, 1.807) is 12.1 Å². The third-order valence-electron chi connectivity index (χ3n) is 1.96. The van der Waals surface area contributed by atoms with Gasteiger partial charge in [-0.25, -0.2) is 10.2 Å². The van der Waals surface area contributed by atoms with Crippen LogP contribution in [0.1, 0.15) is 12.0 Å². The van der Waals surface area contributed by atoms with Gasteiger partial charge in [-0.3, -0.25) is 0 Å². The average molecular weight is 261 g/mol. The minimum atomic E-state index is -1.27. The van der Waals surface area contributed by atoms with Gasteiger partial charge in [0.25, 0.3) is 0 Å². The van der Waals surface area contributed by atoms with Crippen molar-refractivity contribution in [3.05, 3.63) is 47.5 Å². The smallest absolute Gasteiger partial charge is 0.550 e. The zero-order valence-electron chi connectivity index (χ0n) is 10.1. The Morgan fingerprint density at radius 2 is 1.94 bits per heavy atom. The Morgan fingerprint density at radius 1 is 1.39 bits per heavy atom. The van der Waals surface area contributed by atoms with Crippen molar-refractivity contribution in [3.8, 4) is 0 Å². The molecule has 4 N–H and O–H groups in total. The van der Waals surface area contributed by atoms with Gasteiger partial charge in [-0.05, 0) is 17.7 Å². The van der Waals surface area contributed by atoms with Gasteiger partial charge in [0.2, 0.25) is 0 Å². The normalized spacial score (nSPS) is 10.7. The number of nitrogens with two attached hydrogens (primary N) is 2. The number of carbonyl (C=O) groups is 1. The van der Waals surface area contributed by atoms with Crippen molar-refractivity contribution >= 4 is 5.97 Å². The van der Waals surface area contributed by atoms with Crippen molar-refractivity contribution in [2.45, 2.75) is 13.0 Å². The van der Waals surface area contributed by atoms with E-state index in [1.165, 1.54) is 23.3 Å². The first-order valence-corrected chi connectivity index (χ1v) is 4.89. The Labute approximate surface area is 127 Å². The number of rotatable bonds is 5. The molecule has 92 valence electrons. The standard InChI is InChI=1S/C11H14FN3O2.Na/c12-9-3-1-8(2-4-9)6-15(14)7-10(13)5-11(16)17;/h1-4,7H,5-6,13-14H2,(H,16,17);/q;+1/p-1/b10-7-;. The summed E-state index contributed by atoms with van der Waals surface area (Å²) in [5.74, 6) is 3.99. The van der Waals surface area contributed by atoms with Crippen LogP contribution in [-0.4, -0.2) is 11.0 Å². The molecule has 18 heavy (non-hydrogen) atoms. The van der Waals surface area contributed by atoms with Gasteiger partial charge in [0, 0.05) is 24.3 Å². The van der Waals surface area contributed by atoms with Crippen LogP contribution in [-0.2, 0) is 11.3 Å². The van der Waals surface area contributed by atoms with Gasteiger partial charge in [-0.15, -0.1) is 0 Å². The second-order valence-electron chi connectivity index (χ2n) is 3.55. The van der Waals surface area contributed by atoms with E-state index in [0.29, 0.717) is 6.54 Å². The minimum absolute atomic E-state index is 0. The molecule has 0 bridgehead atoms. The predicted octanol–water partition coefficient (Wildman–Crippen LogP) is -3.55. The molecule has 1 aromatic rings. The average Bonchev–Trinajstić information content (AvgIpc) is 2.19. The molecule has 0 unspecified atom stereocenters. The number of carboxylic acids is 1. The van der Waals surface area contributed by atoms with Gasteiger partial charge >= 0.3 is 29.6 Å². The quantitative estimate of drug-likeness (QED) is 0.325. The van der Waals surface area contributed by atoms with Crippen LogP contribution in [0.25, 0.3) is 0 Å². The summed E-state index contributed by atoms with van der Waals surface area (Å²) in [6.07, 6.45) is 0.927. The van der Waals surface area contributed by atoms with Crippen LogP contribution in [0.4, 0.5) is 4.39 Å². The number of nitrogens with zero attached hydrogens (tertiary/aromatic N) is 1. The molecule has 0 saturated carbocycles. The van der Waals surface area contributed by atoms with Crippen LogP contribution in [0.15, 0.2) is 36.2 Å². The minimum Gasteiger partial charge on any atom is -0.550 e. The molecule has 5 nitrogen and oxygen atoms in total. The topological polar surface area (TPSA) is 95.4 Å². The molecule has 1 aromatic carbocycles. The number of benzene rings is 1. The number of hydrogen-bond acceptors (Lipinski definition) is 5. The Morgan fingerprint density at radius 3 is 2.44 bits per heavy atom. The first-order valence-electron chi connectivity index (χ1n) is 4.89. The number of aliphatic carboxylic acids is 1. The summed E-state index contributed by atoms with van der Waals surface area (Å²) < 4.78 is 12.6. The summed E-state index contributed by atoms with van der Waals surface area (Å²) in [5, 5.41) is 11.5. The number of carboxylic acid groups (broad SMARTS) is 1. The first-order chi connectivity index (χ1) is 7.97. The summed E-state index contributed by atoms with van der Waals surface area (Å²) in [4.78, 5) is 10.3. The zero-order chi connectivity index (χ0) is 12.8. The van der Waals surface area contributed by atoms with Crippen LogP contribution in [0.5, 0.6) is 0 Å². The van der Waals surface area contributed by atoms with Crippen LogP contribution in [0.3, 0.4) is 0 Å². The third-order valence-corrected chi connectivity index (χ3v) is 1.96. The molecule has 0 fully saturated rings. The van der Waals surface area contributed by atoms with Crippen molar-refractivity contribution in [2.75, 3.05) is 0 Å². The summed E-state index contributed by atoms with van der Waals surface area (Å²) >= 11 is 0. The van der Waals surface area contributed by atoms with Gasteiger partial charge in [0.15, 0.2) is 0 Å². The molecule has 1 rings (SSSR count). The number of hydrogen-bond donors (Lipinski definition) is 2. The Hall–Kier alpha value is -1.08. The maximum Gasteiger partial charge on any atom is 1.00 e. The summed E-state index contributed by atoms with van der Waals surface area (Å²) in [5.41, 5.74) is 6.29. The van der Waals surface area contributed by atoms with E-state index in [-0.39, 0.29) is 47.5 Å². The van der Waals surface area contributed by atoms with Crippen LogP contribution in [0, 0.1) is 5.82 Å². The van der Waals surface area contributed by atoms with Crippen LogP contribution >= 0.6 is 0 Å². The molecule has 0 spiro atoms. The molecule has 0 aromatic heterocycles. The maximum absolute atomic E-state index is 12.6. The van der Waals surface area contributed by atoms with E-state index in [1.807, 2.05) is 0 Å². The summed E-state index contributed by atoms with van der Waals surface area (Å²) in [6.45, 7) is 0.300. The predicted molar refractivity (Wildman–Crippen MR) is 58.0 cm³/mol. The van der Waals surface area contributed by atoms with Crippen LogP contribution in [0.2, 0.25) is 0 Å². The number of carbonyl (C=O) groups excluding carboxylic acids is 1. The SMILES string of the molecule is N/C(=C\N(N)Cc1ccc(F)cc1)CC(=O)[O-].[Na+]. The van der Waals surface area contributed by atoms with Crippen molar-refractivity contribution in [3.63, 3.8) is 0 Å². The summed E-state index contributed by atoms with van der Waals surface area (Å²) in [6, 6.07) is 5.80. The van der Waals surface area contributed by atoms with Gasteiger partial charge < -0.3 is 20.6 Å². The van der Waals surface area contributed by atoms with Crippen molar-refractivity contribution in [1.82, 2.24) is 5.01 Å². The van der Waals surface area contributed by atoms with Gasteiger partial charge in [0.05, 0.1) is 6.54 Å². The molecular formula is C11H13FN3NaO2. The van der Waals surface area contributed by atoms with Crippen molar-refractivity contribution in [2.24, 2.45) is 11.6 Å². The van der Waals surface area contributed by atoms with E-state index in [9.17, 15) is 14.3 Å². The second-order valence-corrected chi connectivity index (χ2v) is 3.55. The fraction of sp³-hybridized carbons (Fsp3) is 0.182. The van der Waals surface area contributed by atoms with Gasteiger partial charge in [0.1, 0.15) is 5.82 Å². The number of hydrazine groups is 1. The monoisotopic (exact) mass is 261 g/mol. The molecule has 0 atom stereocenters. The molecule has 0 radical (unpaired) electrons. The van der Waals surface area contributed by atoms with E-state index in [0.717, 1.165) is 5.56 Å². The van der Waals surface area contributed by atoms with Crippen molar-refractivity contribution in [1.29, 1.82) is 0 Å². The Bertz CT molecular complexity index is 423. The Kier molecular flexibility index (Phi) is 7.61. The maximum atomic E-state index is 12.6. The zero-order valence-corrected chi connectivity index (χ0v) is 12.1. The van der Waals surface area contributed by atoms with Gasteiger partial charge in [-0.1, -0.05) is 12.1 Å². The molecule has 0 aliphatic rings. The fourth-order valence-electron chi connectivity index (χ4n) is 1.27.